The van der Waals surface area contributed by atoms with Crippen LogP contribution >= 0.6 is 0 Å². The van der Waals surface area contributed by atoms with Crippen molar-refractivity contribution in [3.05, 3.63) is 47.8 Å². The Labute approximate surface area is 125 Å². The van der Waals surface area contributed by atoms with Gasteiger partial charge < -0.3 is 14.6 Å². The first-order valence-electron chi connectivity index (χ1n) is 7.24. The fourth-order valence-electron chi connectivity index (χ4n) is 2.04. The Hall–Kier alpha value is -1.88. The molecule has 1 aromatic carbocycles. The summed E-state index contributed by atoms with van der Waals surface area (Å²) in [6.45, 7) is 7.95. The van der Waals surface area contributed by atoms with Gasteiger partial charge in [0.1, 0.15) is 24.0 Å². The summed E-state index contributed by atoms with van der Waals surface area (Å²) in [4.78, 5) is 4.24. The molecule has 4 nitrogen and oxygen atoms in total. The SMILES string of the molecule is CCn1ccnc1COc1cc(F)cc(CNC(C)C)c1. The molecule has 0 spiro atoms. The summed E-state index contributed by atoms with van der Waals surface area (Å²) in [5.74, 6) is 1.08. The first-order chi connectivity index (χ1) is 10.1. The predicted octanol–water partition coefficient (Wildman–Crippen LogP) is 3.12. The molecule has 1 N–H and O–H groups in total. The number of hydrogen-bond acceptors (Lipinski definition) is 3. The topological polar surface area (TPSA) is 39.1 Å². The number of hydrogen-bond donors (Lipinski definition) is 1. The molecular weight excluding hydrogens is 269 g/mol. The lowest BCUT2D eigenvalue weighted by molar-refractivity contribution is 0.288. The highest BCUT2D eigenvalue weighted by Crippen LogP contribution is 2.18. The molecule has 1 heterocycles. The summed E-state index contributed by atoms with van der Waals surface area (Å²) in [5, 5.41) is 3.27. The Morgan fingerprint density at radius 1 is 1.33 bits per heavy atom. The van der Waals surface area contributed by atoms with Crippen LogP contribution < -0.4 is 10.1 Å². The van der Waals surface area contributed by atoms with E-state index in [0.29, 0.717) is 24.9 Å². The van der Waals surface area contributed by atoms with E-state index in [1.807, 2.05) is 23.8 Å². The van der Waals surface area contributed by atoms with E-state index >= 15 is 0 Å². The van der Waals surface area contributed by atoms with E-state index in [0.717, 1.165) is 17.9 Å². The molecule has 0 aliphatic rings. The maximum Gasteiger partial charge on any atom is 0.146 e. The maximum absolute atomic E-state index is 13.6. The molecule has 114 valence electrons. The molecule has 0 aliphatic carbocycles. The van der Waals surface area contributed by atoms with Crippen LogP contribution in [0.1, 0.15) is 32.2 Å². The monoisotopic (exact) mass is 291 g/mol. The number of nitrogens with zero attached hydrogens (tertiary/aromatic N) is 2. The van der Waals surface area contributed by atoms with Gasteiger partial charge in [-0.2, -0.15) is 0 Å². The van der Waals surface area contributed by atoms with Crippen LogP contribution in [0.5, 0.6) is 5.75 Å². The lowest BCUT2D eigenvalue weighted by Crippen LogP contribution is -2.21. The van der Waals surface area contributed by atoms with Gasteiger partial charge in [0.05, 0.1) is 0 Å². The van der Waals surface area contributed by atoms with Gasteiger partial charge in [-0.05, 0) is 24.6 Å². The van der Waals surface area contributed by atoms with Crippen molar-refractivity contribution >= 4 is 0 Å². The van der Waals surface area contributed by atoms with Gasteiger partial charge >= 0.3 is 0 Å². The van der Waals surface area contributed by atoms with Crippen molar-refractivity contribution in [3.8, 4) is 5.75 Å². The largest absolute Gasteiger partial charge is 0.486 e. The summed E-state index contributed by atoms with van der Waals surface area (Å²) < 4.78 is 21.3. The summed E-state index contributed by atoms with van der Waals surface area (Å²) in [6, 6.07) is 5.14. The third kappa shape index (κ3) is 4.56. The summed E-state index contributed by atoms with van der Waals surface area (Å²) >= 11 is 0. The van der Waals surface area contributed by atoms with E-state index in [1.54, 1.807) is 6.20 Å². The fraction of sp³-hybridized carbons (Fsp3) is 0.438. The van der Waals surface area contributed by atoms with Crippen molar-refractivity contribution in [1.29, 1.82) is 0 Å². The Kier molecular flexibility index (Phi) is 5.33. The Balaban J connectivity index is 2.02. The zero-order chi connectivity index (χ0) is 15.2. The zero-order valence-corrected chi connectivity index (χ0v) is 12.8. The Morgan fingerprint density at radius 2 is 2.14 bits per heavy atom. The van der Waals surface area contributed by atoms with E-state index in [2.05, 4.69) is 24.1 Å². The standard InChI is InChI=1S/C16H22FN3O/c1-4-20-6-5-18-16(20)11-21-15-8-13(7-14(17)9-15)10-19-12(2)3/h5-9,12,19H,4,10-11H2,1-3H3. The van der Waals surface area contributed by atoms with Crippen LogP contribution in [0.2, 0.25) is 0 Å². The Bertz CT molecular complexity index is 581. The zero-order valence-electron chi connectivity index (χ0n) is 12.8. The highest BCUT2D eigenvalue weighted by molar-refractivity contribution is 5.29. The molecule has 0 unspecified atom stereocenters. The number of aromatic nitrogens is 2. The highest BCUT2D eigenvalue weighted by atomic mass is 19.1. The molecule has 0 bridgehead atoms. The van der Waals surface area contributed by atoms with Crippen molar-refractivity contribution in [2.75, 3.05) is 0 Å². The summed E-state index contributed by atoms with van der Waals surface area (Å²) in [5.41, 5.74) is 0.873. The van der Waals surface area contributed by atoms with Crippen molar-refractivity contribution in [2.24, 2.45) is 0 Å². The minimum atomic E-state index is -0.285. The normalized spacial score (nSPS) is 11.1. The van der Waals surface area contributed by atoms with Gasteiger partial charge in [-0.25, -0.2) is 9.37 Å². The van der Waals surface area contributed by atoms with Crippen LogP contribution in [-0.2, 0) is 19.7 Å². The van der Waals surface area contributed by atoms with Gasteiger partial charge in [0, 0.05) is 37.6 Å². The van der Waals surface area contributed by atoms with Crippen LogP contribution in [0.25, 0.3) is 0 Å². The second-order valence-electron chi connectivity index (χ2n) is 5.25. The maximum atomic E-state index is 13.6. The van der Waals surface area contributed by atoms with Crippen LogP contribution in [0, 0.1) is 5.82 Å². The first kappa shape index (κ1) is 15.5. The molecule has 0 fully saturated rings. The van der Waals surface area contributed by atoms with Crippen molar-refractivity contribution in [1.82, 2.24) is 14.9 Å². The van der Waals surface area contributed by atoms with E-state index in [4.69, 9.17) is 4.74 Å². The summed E-state index contributed by atoms with van der Waals surface area (Å²) in [7, 11) is 0. The second-order valence-corrected chi connectivity index (χ2v) is 5.25. The molecular formula is C16H22FN3O. The molecule has 2 rings (SSSR count). The van der Waals surface area contributed by atoms with Gasteiger partial charge in [0.2, 0.25) is 0 Å². The number of ether oxygens (including phenoxy) is 1. The number of rotatable bonds is 7. The average molecular weight is 291 g/mol. The molecule has 0 radical (unpaired) electrons. The minimum absolute atomic E-state index is 0.285. The highest BCUT2D eigenvalue weighted by Gasteiger charge is 2.06. The second kappa shape index (κ2) is 7.22. The quantitative estimate of drug-likeness (QED) is 0.852. The van der Waals surface area contributed by atoms with Crippen molar-refractivity contribution in [2.45, 2.75) is 46.5 Å². The van der Waals surface area contributed by atoms with Gasteiger partial charge in [-0.3, -0.25) is 0 Å². The average Bonchev–Trinajstić information content (AvgIpc) is 2.90. The lowest BCUT2D eigenvalue weighted by Gasteiger charge is -2.11. The van der Waals surface area contributed by atoms with Crippen molar-refractivity contribution in [3.63, 3.8) is 0 Å². The molecule has 5 heteroatoms. The number of benzene rings is 1. The van der Waals surface area contributed by atoms with E-state index < -0.39 is 0 Å². The molecule has 0 saturated heterocycles. The fourth-order valence-corrected chi connectivity index (χ4v) is 2.04. The van der Waals surface area contributed by atoms with Gasteiger partial charge in [-0.1, -0.05) is 13.8 Å². The predicted molar refractivity (Wildman–Crippen MR) is 80.6 cm³/mol. The molecule has 0 saturated carbocycles. The van der Waals surface area contributed by atoms with Crippen LogP contribution in [0.15, 0.2) is 30.6 Å². The van der Waals surface area contributed by atoms with Gasteiger partial charge in [0.15, 0.2) is 0 Å². The number of halogens is 1. The molecule has 1 aromatic heterocycles. The minimum Gasteiger partial charge on any atom is -0.486 e. The third-order valence-corrected chi connectivity index (χ3v) is 3.16. The smallest absolute Gasteiger partial charge is 0.146 e. The molecule has 0 atom stereocenters. The third-order valence-electron chi connectivity index (χ3n) is 3.16. The summed E-state index contributed by atoms with van der Waals surface area (Å²) in [6.07, 6.45) is 3.65. The Morgan fingerprint density at radius 3 is 2.86 bits per heavy atom. The van der Waals surface area contributed by atoms with Gasteiger partial charge in [-0.15, -0.1) is 0 Å². The van der Waals surface area contributed by atoms with Crippen molar-refractivity contribution < 1.29 is 9.13 Å². The van der Waals surface area contributed by atoms with Crippen LogP contribution in [0.3, 0.4) is 0 Å². The van der Waals surface area contributed by atoms with Crippen LogP contribution in [0.4, 0.5) is 4.39 Å². The molecule has 0 aliphatic heterocycles. The van der Waals surface area contributed by atoms with Gasteiger partial charge in [0.25, 0.3) is 0 Å². The van der Waals surface area contributed by atoms with E-state index in [1.165, 1.54) is 12.1 Å². The molecule has 21 heavy (non-hydrogen) atoms. The van der Waals surface area contributed by atoms with E-state index in [-0.39, 0.29) is 5.82 Å². The number of aryl methyl sites for hydroxylation is 1. The number of nitrogens with one attached hydrogen (secondary N) is 1. The lowest BCUT2D eigenvalue weighted by atomic mass is 10.2. The van der Waals surface area contributed by atoms with Crippen LogP contribution in [-0.4, -0.2) is 15.6 Å². The molecule has 0 amide bonds. The first-order valence-corrected chi connectivity index (χ1v) is 7.24. The van der Waals surface area contributed by atoms with E-state index in [9.17, 15) is 4.39 Å². The number of imidazole rings is 1. The molecule has 2 aromatic rings.